The predicted octanol–water partition coefficient (Wildman–Crippen LogP) is 3.96. The molecule has 0 radical (unpaired) electrons. The maximum absolute atomic E-state index is 12.5. The van der Waals surface area contributed by atoms with Crippen molar-refractivity contribution in [2.75, 3.05) is 10.0 Å². The van der Waals surface area contributed by atoms with E-state index in [1.165, 1.54) is 42.5 Å². The Morgan fingerprint density at radius 2 is 1.55 bits per heavy atom. The molecule has 9 heteroatoms. The molecule has 8 nitrogen and oxygen atoms in total. The maximum Gasteiger partial charge on any atom is 0.270 e. The number of aryl methyl sites for hydroxylation is 1. The average Bonchev–Trinajstić information content (AvgIpc) is 2.70. The fraction of sp³-hybridized carbons (Fsp3) is 0.0500. The minimum absolute atomic E-state index is 0.225. The zero-order chi connectivity index (χ0) is 21.0. The van der Waals surface area contributed by atoms with Crippen LogP contribution in [-0.2, 0) is 10.0 Å². The number of nitro groups is 1. The summed E-state index contributed by atoms with van der Waals surface area (Å²) in [6.07, 6.45) is 0. The first kappa shape index (κ1) is 20.0. The van der Waals surface area contributed by atoms with E-state index < -0.39 is 14.9 Å². The van der Waals surface area contributed by atoms with Gasteiger partial charge in [0.25, 0.3) is 21.6 Å². The molecule has 0 saturated carbocycles. The van der Waals surface area contributed by atoms with Gasteiger partial charge in [-0.05, 0) is 49.4 Å². The summed E-state index contributed by atoms with van der Waals surface area (Å²) in [7, 11) is -4.01. The molecule has 148 valence electrons. The molecule has 3 rings (SSSR count). The van der Waals surface area contributed by atoms with Gasteiger partial charge in [-0.1, -0.05) is 23.8 Å². The number of anilines is 2. The number of carbonyl (C=O) groups excluding carboxylic acids is 1. The lowest BCUT2D eigenvalue weighted by Crippen LogP contribution is -2.14. The van der Waals surface area contributed by atoms with Crippen molar-refractivity contribution in [3.63, 3.8) is 0 Å². The summed E-state index contributed by atoms with van der Waals surface area (Å²) in [4.78, 5) is 22.2. The third-order valence-corrected chi connectivity index (χ3v) is 5.43. The summed E-state index contributed by atoms with van der Waals surface area (Å²) >= 11 is 0. The number of hydrogen-bond acceptors (Lipinski definition) is 5. The third-order valence-electron chi connectivity index (χ3n) is 4.05. The van der Waals surface area contributed by atoms with Crippen LogP contribution in [0.3, 0.4) is 0 Å². The van der Waals surface area contributed by atoms with Crippen LogP contribution in [0.2, 0.25) is 0 Å². The highest BCUT2D eigenvalue weighted by Crippen LogP contribution is 2.21. The lowest BCUT2D eigenvalue weighted by atomic mass is 10.2. The van der Waals surface area contributed by atoms with Gasteiger partial charge in [0.2, 0.25) is 0 Å². The molecule has 0 atom stereocenters. The van der Waals surface area contributed by atoms with Crippen molar-refractivity contribution >= 4 is 33.0 Å². The zero-order valence-corrected chi connectivity index (χ0v) is 16.1. The second-order valence-corrected chi connectivity index (χ2v) is 7.94. The zero-order valence-electron chi connectivity index (χ0n) is 15.3. The topological polar surface area (TPSA) is 118 Å². The Labute approximate surface area is 167 Å². The number of hydrogen-bond donors (Lipinski definition) is 2. The van der Waals surface area contributed by atoms with E-state index >= 15 is 0 Å². The Morgan fingerprint density at radius 3 is 2.17 bits per heavy atom. The van der Waals surface area contributed by atoms with Gasteiger partial charge in [0, 0.05) is 29.1 Å². The fourth-order valence-electron chi connectivity index (χ4n) is 2.51. The maximum atomic E-state index is 12.5. The number of benzene rings is 3. The van der Waals surface area contributed by atoms with E-state index in [2.05, 4.69) is 10.0 Å². The summed E-state index contributed by atoms with van der Waals surface area (Å²) in [5, 5.41) is 13.6. The number of nitro benzene ring substituents is 1. The van der Waals surface area contributed by atoms with E-state index in [1.807, 2.05) is 19.1 Å². The number of amides is 1. The SMILES string of the molecule is Cc1ccc(NC(=O)c2ccc(NS(=O)(=O)c3cccc([N+](=O)[O-])c3)cc2)cc1. The number of rotatable bonds is 6. The molecule has 0 aliphatic heterocycles. The fourth-order valence-corrected chi connectivity index (χ4v) is 3.61. The average molecular weight is 411 g/mol. The Balaban J connectivity index is 1.72. The summed E-state index contributed by atoms with van der Waals surface area (Å²) < 4.78 is 27.2. The normalized spacial score (nSPS) is 10.9. The van der Waals surface area contributed by atoms with Gasteiger partial charge in [-0.25, -0.2) is 8.42 Å². The number of sulfonamides is 1. The molecule has 0 unspecified atom stereocenters. The molecule has 1 amide bonds. The first-order valence-corrected chi connectivity index (χ1v) is 9.98. The second-order valence-electron chi connectivity index (χ2n) is 6.26. The first-order chi connectivity index (χ1) is 13.7. The Morgan fingerprint density at radius 1 is 0.931 bits per heavy atom. The van der Waals surface area contributed by atoms with Gasteiger partial charge >= 0.3 is 0 Å². The van der Waals surface area contributed by atoms with Gasteiger partial charge < -0.3 is 5.32 Å². The van der Waals surface area contributed by atoms with E-state index in [0.29, 0.717) is 11.3 Å². The second kappa shape index (κ2) is 8.11. The Hall–Kier alpha value is -3.72. The van der Waals surface area contributed by atoms with Crippen LogP contribution in [0.5, 0.6) is 0 Å². The van der Waals surface area contributed by atoms with E-state index in [0.717, 1.165) is 11.6 Å². The van der Waals surface area contributed by atoms with Gasteiger partial charge in [-0.2, -0.15) is 0 Å². The smallest absolute Gasteiger partial charge is 0.270 e. The lowest BCUT2D eigenvalue weighted by molar-refractivity contribution is -0.385. The van der Waals surface area contributed by atoms with Gasteiger partial charge in [-0.15, -0.1) is 0 Å². The Kier molecular flexibility index (Phi) is 5.60. The van der Waals surface area contributed by atoms with Crippen molar-refractivity contribution in [1.29, 1.82) is 0 Å². The molecule has 0 saturated heterocycles. The quantitative estimate of drug-likeness (QED) is 0.470. The molecule has 3 aromatic rings. The standard InChI is InChI=1S/C20H17N3O5S/c1-14-5-9-16(10-6-14)21-20(24)15-7-11-17(12-8-15)22-29(27,28)19-4-2-3-18(13-19)23(25)26/h2-13,22H,1H3,(H,21,24). The highest BCUT2D eigenvalue weighted by Gasteiger charge is 2.18. The molecule has 29 heavy (non-hydrogen) atoms. The molecule has 0 heterocycles. The van der Waals surface area contributed by atoms with E-state index in [4.69, 9.17) is 0 Å². The van der Waals surface area contributed by atoms with Crippen LogP contribution < -0.4 is 10.0 Å². The van der Waals surface area contributed by atoms with Crippen molar-refractivity contribution in [2.24, 2.45) is 0 Å². The third kappa shape index (κ3) is 4.96. The number of carbonyl (C=O) groups is 1. The molecular weight excluding hydrogens is 394 g/mol. The predicted molar refractivity (Wildman–Crippen MR) is 109 cm³/mol. The minimum Gasteiger partial charge on any atom is -0.322 e. The summed E-state index contributed by atoms with van der Waals surface area (Å²) in [6.45, 7) is 1.94. The molecular formula is C20H17N3O5S. The van der Waals surface area contributed by atoms with Crippen molar-refractivity contribution in [3.05, 3.63) is 94.0 Å². The molecule has 0 aromatic heterocycles. The van der Waals surface area contributed by atoms with Crippen LogP contribution in [0.25, 0.3) is 0 Å². The minimum atomic E-state index is -4.01. The van der Waals surface area contributed by atoms with Crippen molar-refractivity contribution < 1.29 is 18.1 Å². The van der Waals surface area contributed by atoms with Crippen LogP contribution in [-0.4, -0.2) is 19.2 Å². The van der Waals surface area contributed by atoms with Gasteiger partial charge in [0.1, 0.15) is 0 Å². The highest BCUT2D eigenvalue weighted by atomic mass is 32.2. The monoisotopic (exact) mass is 411 g/mol. The van der Waals surface area contributed by atoms with Crippen molar-refractivity contribution in [1.82, 2.24) is 0 Å². The highest BCUT2D eigenvalue weighted by molar-refractivity contribution is 7.92. The number of nitrogens with one attached hydrogen (secondary N) is 2. The molecule has 0 aliphatic carbocycles. The largest absolute Gasteiger partial charge is 0.322 e. The summed E-state index contributed by atoms with van der Waals surface area (Å²) in [6, 6.07) is 17.9. The van der Waals surface area contributed by atoms with Gasteiger partial charge in [0.05, 0.1) is 9.82 Å². The molecule has 3 aromatic carbocycles. The summed E-state index contributed by atoms with van der Waals surface area (Å²) in [5.74, 6) is -0.332. The van der Waals surface area contributed by atoms with E-state index in [9.17, 15) is 23.3 Å². The molecule has 0 aliphatic rings. The first-order valence-electron chi connectivity index (χ1n) is 8.50. The number of nitrogens with zero attached hydrogens (tertiary/aromatic N) is 1. The van der Waals surface area contributed by atoms with Gasteiger partial charge in [-0.3, -0.25) is 19.6 Å². The molecule has 0 bridgehead atoms. The van der Waals surface area contributed by atoms with E-state index in [-0.39, 0.29) is 22.2 Å². The van der Waals surface area contributed by atoms with Crippen molar-refractivity contribution in [2.45, 2.75) is 11.8 Å². The summed E-state index contributed by atoms with van der Waals surface area (Å²) in [5.41, 5.74) is 1.97. The number of non-ortho nitro benzene ring substituents is 1. The molecule has 2 N–H and O–H groups in total. The van der Waals surface area contributed by atoms with Crippen molar-refractivity contribution in [3.8, 4) is 0 Å². The van der Waals surface area contributed by atoms with Crippen LogP contribution in [0.15, 0.2) is 77.7 Å². The van der Waals surface area contributed by atoms with Crippen LogP contribution in [0.1, 0.15) is 15.9 Å². The molecule has 0 fully saturated rings. The van der Waals surface area contributed by atoms with Crippen LogP contribution in [0.4, 0.5) is 17.1 Å². The van der Waals surface area contributed by atoms with Gasteiger partial charge in [0.15, 0.2) is 0 Å². The molecule has 0 spiro atoms. The van der Waals surface area contributed by atoms with Crippen LogP contribution >= 0.6 is 0 Å². The lowest BCUT2D eigenvalue weighted by Gasteiger charge is -2.09. The van der Waals surface area contributed by atoms with Crippen LogP contribution in [0, 0.1) is 17.0 Å². The Bertz CT molecular complexity index is 1160. The van der Waals surface area contributed by atoms with E-state index in [1.54, 1.807) is 12.1 Å².